The zero-order valence-corrected chi connectivity index (χ0v) is 14.6. The molecule has 0 aliphatic carbocycles. The van der Waals surface area contributed by atoms with E-state index in [-0.39, 0.29) is 17.0 Å². The predicted molar refractivity (Wildman–Crippen MR) is 97.7 cm³/mol. The number of amides is 1. The normalized spacial score (nSPS) is 16.5. The summed E-state index contributed by atoms with van der Waals surface area (Å²) in [5.41, 5.74) is 1.60. The Morgan fingerprint density at radius 1 is 1.21 bits per heavy atom. The van der Waals surface area contributed by atoms with Crippen LogP contribution in [0.25, 0.3) is 0 Å². The van der Waals surface area contributed by atoms with Gasteiger partial charge in [0.05, 0.1) is 16.8 Å². The van der Waals surface area contributed by atoms with Gasteiger partial charge in [-0.05, 0) is 42.9 Å². The largest absolute Gasteiger partial charge is 0.341 e. The third-order valence-electron chi connectivity index (χ3n) is 4.16. The molecule has 1 aliphatic heterocycles. The molecule has 1 atom stereocenters. The Hall–Kier alpha value is -1.98. The van der Waals surface area contributed by atoms with Gasteiger partial charge in [0, 0.05) is 13.0 Å². The summed E-state index contributed by atoms with van der Waals surface area (Å²) in [5.74, 6) is -0.635. The molecule has 0 N–H and O–H groups in total. The molecule has 1 amide bonds. The van der Waals surface area contributed by atoms with Gasteiger partial charge in [-0.3, -0.25) is 9.69 Å². The van der Waals surface area contributed by atoms with Crippen LogP contribution in [0.1, 0.15) is 24.9 Å². The van der Waals surface area contributed by atoms with Crippen molar-refractivity contribution in [2.24, 2.45) is 0 Å². The monoisotopic (exact) mass is 362 g/mol. The summed E-state index contributed by atoms with van der Waals surface area (Å²) in [6, 6.07) is 14.2. The molecule has 0 saturated carbocycles. The van der Waals surface area contributed by atoms with E-state index in [9.17, 15) is 9.18 Å². The molecule has 2 aromatic rings. The number of thiocarbonyl (C=S) groups is 1. The topological polar surface area (TPSA) is 23.6 Å². The summed E-state index contributed by atoms with van der Waals surface area (Å²) in [4.78, 5) is 15.8. The van der Waals surface area contributed by atoms with Gasteiger partial charge in [-0.2, -0.15) is 0 Å². The van der Waals surface area contributed by atoms with Gasteiger partial charge in [0.1, 0.15) is 5.82 Å². The predicted octanol–water partition coefficient (Wildman–Crippen LogP) is 4.56. The molecular formula is C18H16ClFN2OS. The zero-order chi connectivity index (χ0) is 17.3. The molecule has 0 unspecified atom stereocenters. The third kappa shape index (κ3) is 3.14. The van der Waals surface area contributed by atoms with Gasteiger partial charge in [0.15, 0.2) is 5.11 Å². The Morgan fingerprint density at radius 3 is 2.58 bits per heavy atom. The van der Waals surface area contributed by atoms with E-state index >= 15 is 0 Å². The highest BCUT2D eigenvalue weighted by molar-refractivity contribution is 7.80. The Balaban J connectivity index is 1.91. The van der Waals surface area contributed by atoms with Crippen LogP contribution in [0, 0.1) is 5.82 Å². The maximum Gasteiger partial charge on any atom is 0.235 e. The minimum atomic E-state index is -0.523. The molecule has 1 saturated heterocycles. The van der Waals surface area contributed by atoms with E-state index in [2.05, 4.69) is 0 Å². The number of carbonyl (C=O) groups is 1. The molecule has 3 rings (SSSR count). The minimum Gasteiger partial charge on any atom is -0.341 e. The van der Waals surface area contributed by atoms with Crippen molar-refractivity contribution in [3.63, 3.8) is 0 Å². The molecule has 3 nitrogen and oxygen atoms in total. The standard InChI is InChI=1S/C18H16ClFN2OS/c1-12(13-5-3-2-4-6-13)21-10-9-17(23)22(18(21)24)14-7-8-16(20)15(19)11-14/h2-8,11-12H,9-10H2,1H3/t12-/m0/s1. The molecule has 0 spiro atoms. The van der Waals surface area contributed by atoms with Crippen LogP contribution in [0.3, 0.4) is 0 Å². The fraction of sp³-hybridized carbons (Fsp3) is 0.222. The van der Waals surface area contributed by atoms with Crippen molar-refractivity contribution in [2.75, 3.05) is 11.4 Å². The van der Waals surface area contributed by atoms with Crippen molar-refractivity contribution in [1.82, 2.24) is 4.90 Å². The van der Waals surface area contributed by atoms with Gasteiger partial charge in [-0.15, -0.1) is 0 Å². The highest BCUT2D eigenvalue weighted by atomic mass is 35.5. The average molecular weight is 363 g/mol. The summed E-state index contributed by atoms with van der Waals surface area (Å²) in [6.07, 6.45) is 0.340. The summed E-state index contributed by atoms with van der Waals surface area (Å²) >= 11 is 11.4. The van der Waals surface area contributed by atoms with E-state index in [1.54, 1.807) is 0 Å². The Bertz CT molecular complexity index is 784. The second kappa shape index (κ2) is 6.87. The SMILES string of the molecule is C[C@@H](c1ccccc1)N1CCC(=O)N(c2ccc(F)c(Cl)c2)C1=S. The molecule has 2 aromatic carbocycles. The molecule has 0 radical (unpaired) electrons. The molecule has 24 heavy (non-hydrogen) atoms. The third-order valence-corrected chi connectivity index (χ3v) is 4.87. The Kier molecular flexibility index (Phi) is 4.83. The lowest BCUT2D eigenvalue weighted by Gasteiger charge is -2.40. The number of carbonyl (C=O) groups excluding carboxylic acids is 1. The van der Waals surface area contributed by atoms with E-state index in [0.29, 0.717) is 23.8 Å². The van der Waals surface area contributed by atoms with E-state index in [1.807, 2.05) is 42.2 Å². The molecule has 124 valence electrons. The van der Waals surface area contributed by atoms with Crippen LogP contribution in [-0.4, -0.2) is 22.5 Å². The maximum atomic E-state index is 13.4. The van der Waals surface area contributed by atoms with E-state index < -0.39 is 5.82 Å². The number of halogens is 2. The first-order chi connectivity index (χ1) is 11.5. The lowest BCUT2D eigenvalue weighted by atomic mass is 10.1. The van der Waals surface area contributed by atoms with Crippen molar-refractivity contribution < 1.29 is 9.18 Å². The number of nitrogens with zero attached hydrogens (tertiary/aromatic N) is 2. The van der Waals surface area contributed by atoms with Crippen LogP contribution in [0.5, 0.6) is 0 Å². The molecule has 1 aliphatic rings. The maximum absolute atomic E-state index is 13.4. The smallest absolute Gasteiger partial charge is 0.235 e. The number of rotatable bonds is 3. The average Bonchev–Trinajstić information content (AvgIpc) is 2.58. The fourth-order valence-corrected chi connectivity index (χ4v) is 3.44. The van der Waals surface area contributed by atoms with E-state index in [0.717, 1.165) is 5.56 Å². The number of hydrogen-bond acceptors (Lipinski definition) is 2. The second-order valence-corrected chi connectivity index (χ2v) is 6.41. The van der Waals surface area contributed by atoms with Crippen LogP contribution in [0.2, 0.25) is 5.02 Å². The van der Waals surface area contributed by atoms with Crippen molar-refractivity contribution in [1.29, 1.82) is 0 Å². The quantitative estimate of drug-likeness (QED) is 0.747. The first-order valence-corrected chi connectivity index (χ1v) is 8.41. The van der Waals surface area contributed by atoms with Crippen molar-refractivity contribution in [2.45, 2.75) is 19.4 Å². The fourth-order valence-electron chi connectivity index (χ4n) is 2.81. The lowest BCUT2D eigenvalue weighted by molar-refractivity contribution is -0.118. The summed E-state index contributed by atoms with van der Waals surface area (Å²) in [6.45, 7) is 2.60. The van der Waals surface area contributed by atoms with Gasteiger partial charge in [-0.25, -0.2) is 4.39 Å². The number of benzene rings is 2. The minimum absolute atomic E-state index is 0.0312. The van der Waals surface area contributed by atoms with Gasteiger partial charge >= 0.3 is 0 Å². The number of hydrogen-bond donors (Lipinski definition) is 0. The Morgan fingerprint density at radius 2 is 1.92 bits per heavy atom. The van der Waals surface area contributed by atoms with Crippen LogP contribution >= 0.6 is 23.8 Å². The first kappa shape index (κ1) is 16.9. The summed E-state index contributed by atoms with van der Waals surface area (Å²) in [7, 11) is 0. The molecule has 1 heterocycles. The van der Waals surface area contributed by atoms with Crippen LogP contribution in [-0.2, 0) is 4.79 Å². The van der Waals surface area contributed by atoms with Crippen molar-refractivity contribution in [3.05, 3.63) is 64.9 Å². The molecule has 0 aromatic heterocycles. The van der Waals surface area contributed by atoms with E-state index in [1.165, 1.54) is 23.1 Å². The van der Waals surface area contributed by atoms with Crippen molar-refractivity contribution >= 4 is 40.5 Å². The summed E-state index contributed by atoms with van der Waals surface area (Å²) < 4.78 is 13.4. The Labute approximate surface area is 150 Å². The van der Waals surface area contributed by atoms with Crippen LogP contribution < -0.4 is 4.90 Å². The van der Waals surface area contributed by atoms with Crippen LogP contribution in [0.4, 0.5) is 10.1 Å². The zero-order valence-electron chi connectivity index (χ0n) is 13.1. The van der Waals surface area contributed by atoms with Gasteiger partial charge in [0.2, 0.25) is 5.91 Å². The summed E-state index contributed by atoms with van der Waals surface area (Å²) in [5, 5.41) is 0.376. The molecule has 0 bridgehead atoms. The first-order valence-electron chi connectivity index (χ1n) is 7.62. The highest BCUT2D eigenvalue weighted by Gasteiger charge is 2.33. The van der Waals surface area contributed by atoms with Crippen molar-refractivity contribution in [3.8, 4) is 0 Å². The van der Waals surface area contributed by atoms with Gasteiger partial charge in [0.25, 0.3) is 0 Å². The van der Waals surface area contributed by atoms with Crippen LogP contribution in [0.15, 0.2) is 48.5 Å². The highest BCUT2D eigenvalue weighted by Crippen LogP contribution is 2.30. The number of anilines is 1. The second-order valence-electron chi connectivity index (χ2n) is 5.64. The van der Waals surface area contributed by atoms with Gasteiger partial charge in [-0.1, -0.05) is 41.9 Å². The van der Waals surface area contributed by atoms with Gasteiger partial charge < -0.3 is 4.90 Å². The molecule has 6 heteroatoms. The lowest BCUT2D eigenvalue weighted by Crippen LogP contribution is -2.53. The molecule has 1 fully saturated rings. The van der Waals surface area contributed by atoms with E-state index in [4.69, 9.17) is 23.8 Å². The molecular weight excluding hydrogens is 347 g/mol.